The van der Waals surface area contributed by atoms with E-state index in [0.29, 0.717) is 32.5 Å². The molecule has 140 valence electrons. The number of hydrogen-bond donors (Lipinski definition) is 1. The SMILES string of the molecule is CC(C)Cc1cc(-c2nnc3sc(COc4ccc(Cl)cc4Cl)nn23)n[nH]1. The number of H-pyrrole nitrogens is 1. The molecule has 0 aliphatic carbocycles. The summed E-state index contributed by atoms with van der Waals surface area (Å²) in [6.45, 7) is 4.60. The highest BCUT2D eigenvalue weighted by Gasteiger charge is 2.17. The number of nitrogens with one attached hydrogen (secondary N) is 1. The van der Waals surface area contributed by atoms with Gasteiger partial charge < -0.3 is 4.74 Å². The van der Waals surface area contributed by atoms with Gasteiger partial charge in [-0.1, -0.05) is 48.4 Å². The highest BCUT2D eigenvalue weighted by atomic mass is 35.5. The molecule has 3 aromatic heterocycles. The lowest BCUT2D eigenvalue weighted by atomic mass is 10.1. The number of aromatic amines is 1. The van der Waals surface area contributed by atoms with Crippen LogP contribution in [0.4, 0.5) is 0 Å². The Balaban J connectivity index is 1.54. The summed E-state index contributed by atoms with van der Waals surface area (Å²) in [4.78, 5) is 0.680. The van der Waals surface area contributed by atoms with E-state index < -0.39 is 0 Å². The first-order valence-electron chi connectivity index (χ1n) is 8.33. The van der Waals surface area contributed by atoms with Crippen LogP contribution in [-0.4, -0.2) is 30.0 Å². The minimum absolute atomic E-state index is 0.272. The molecule has 7 nitrogen and oxygen atoms in total. The van der Waals surface area contributed by atoms with Gasteiger partial charge in [0.25, 0.3) is 0 Å². The largest absolute Gasteiger partial charge is 0.485 e. The predicted octanol–water partition coefficient (Wildman–Crippen LogP) is 4.66. The van der Waals surface area contributed by atoms with E-state index >= 15 is 0 Å². The number of ether oxygens (including phenoxy) is 1. The van der Waals surface area contributed by atoms with Gasteiger partial charge in [0, 0.05) is 10.7 Å². The maximum Gasteiger partial charge on any atom is 0.235 e. The van der Waals surface area contributed by atoms with E-state index in [2.05, 4.69) is 39.3 Å². The van der Waals surface area contributed by atoms with Gasteiger partial charge in [-0.2, -0.15) is 14.7 Å². The zero-order chi connectivity index (χ0) is 19.0. The molecule has 0 spiro atoms. The van der Waals surface area contributed by atoms with Crippen molar-refractivity contribution in [2.75, 3.05) is 0 Å². The van der Waals surface area contributed by atoms with Crippen LogP contribution in [0.25, 0.3) is 16.5 Å². The number of halogens is 2. The van der Waals surface area contributed by atoms with E-state index in [0.717, 1.165) is 22.8 Å². The zero-order valence-corrected chi connectivity index (χ0v) is 16.9. The standard InChI is InChI=1S/C17H16Cl2N6OS/c1-9(2)5-11-7-13(21-20-11)16-22-23-17-25(16)24-15(27-17)8-26-14-4-3-10(18)6-12(14)19/h3-4,6-7,9H,5,8H2,1-2H3,(H,20,21). The van der Waals surface area contributed by atoms with Gasteiger partial charge in [0.1, 0.15) is 18.1 Å². The number of hydrogen-bond acceptors (Lipinski definition) is 6. The molecule has 0 amide bonds. The fourth-order valence-electron chi connectivity index (χ4n) is 2.63. The summed E-state index contributed by atoms with van der Waals surface area (Å²) in [6.07, 6.45) is 0.924. The molecule has 3 heterocycles. The smallest absolute Gasteiger partial charge is 0.235 e. The minimum Gasteiger partial charge on any atom is -0.485 e. The first-order valence-corrected chi connectivity index (χ1v) is 9.90. The molecule has 0 saturated heterocycles. The molecular weight excluding hydrogens is 407 g/mol. The van der Waals surface area contributed by atoms with Crippen LogP contribution in [0.1, 0.15) is 24.5 Å². The van der Waals surface area contributed by atoms with Crippen LogP contribution in [0, 0.1) is 5.92 Å². The summed E-state index contributed by atoms with van der Waals surface area (Å²) in [5, 5.41) is 22.1. The summed E-state index contributed by atoms with van der Waals surface area (Å²) < 4.78 is 7.43. The van der Waals surface area contributed by atoms with Gasteiger partial charge in [-0.3, -0.25) is 5.10 Å². The average Bonchev–Trinajstić information content (AvgIpc) is 3.29. The zero-order valence-electron chi connectivity index (χ0n) is 14.6. The summed E-state index contributed by atoms with van der Waals surface area (Å²) in [7, 11) is 0. The molecule has 0 atom stereocenters. The number of rotatable bonds is 6. The van der Waals surface area contributed by atoms with Crippen LogP contribution in [0.2, 0.25) is 10.0 Å². The van der Waals surface area contributed by atoms with Gasteiger partial charge in [0.15, 0.2) is 5.01 Å². The van der Waals surface area contributed by atoms with E-state index in [1.54, 1.807) is 22.7 Å². The quantitative estimate of drug-likeness (QED) is 0.488. The van der Waals surface area contributed by atoms with E-state index in [-0.39, 0.29) is 6.61 Å². The second-order valence-corrected chi connectivity index (χ2v) is 8.34. The van der Waals surface area contributed by atoms with Gasteiger partial charge in [0.2, 0.25) is 10.8 Å². The number of benzene rings is 1. The van der Waals surface area contributed by atoms with Crippen LogP contribution in [-0.2, 0) is 13.0 Å². The van der Waals surface area contributed by atoms with Gasteiger partial charge in [-0.25, -0.2) is 0 Å². The normalized spacial score (nSPS) is 11.6. The second kappa shape index (κ2) is 7.46. The molecule has 0 radical (unpaired) electrons. The number of aromatic nitrogens is 6. The van der Waals surface area contributed by atoms with Gasteiger partial charge in [-0.05, 0) is 36.6 Å². The molecule has 1 aromatic carbocycles. The lowest BCUT2D eigenvalue weighted by Crippen LogP contribution is -1.98. The average molecular weight is 423 g/mol. The molecule has 0 bridgehead atoms. The Labute approximate surface area is 169 Å². The molecular formula is C17H16Cl2N6OS. The van der Waals surface area contributed by atoms with Crippen LogP contribution in [0.3, 0.4) is 0 Å². The molecule has 1 N–H and O–H groups in total. The Hall–Kier alpha value is -2.16. The molecule has 0 aliphatic heterocycles. The topological polar surface area (TPSA) is 81.0 Å². The van der Waals surface area contributed by atoms with Crippen molar-refractivity contribution in [2.45, 2.75) is 26.9 Å². The Bertz CT molecular complexity index is 1090. The number of fused-ring (bicyclic) bond motifs is 1. The Kier molecular flexibility index (Phi) is 5.03. The molecule has 4 aromatic rings. The summed E-state index contributed by atoms with van der Waals surface area (Å²) in [5.74, 6) is 1.69. The summed E-state index contributed by atoms with van der Waals surface area (Å²) >= 11 is 13.4. The van der Waals surface area contributed by atoms with E-state index in [1.807, 2.05) is 6.07 Å². The first kappa shape index (κ1) is 18.2. The molecule has 0 saturated carbocycles. The predicted molar refractivity (Wildman–Crippen MR) is 106 cm³/mol. The monoisotopic (exact) mass is 422 g/mol. The van der Waals surface area contributed by atoms with Gasteiger partial charge in [0.05, 0.1) is 5.02 Å². The van der Waals surface area contributed by atoms with Crippen molar-refractivity contribution >= 4 is 39.5 Å². The molecule has 10 heteroatoms. The van der Waals surface area contributed by atoms with E-state index in [1.165, 1.54) is 11.3 Å². The Morgan fingerprint density at radius 1 is 1.22 bits per heavy atom. The second-order valence-electron chi connectivity index (χ2n) is 6.45. The lowest BCUT2D eigenvalue weighted by molar-refractivity contribution is 0.304. The third-order valence-corrected chi connectivity index (χ3v) is 5.17. The Morgan fingerprint density at radius 3 is 2.85 bits per heavy atom. The highest BCUT2D eigenvalue weighted by Crippen LogP contribution is 2.29. The van der Waals surface area contributed by atoms with Crippen molar-refractivity contribution in [3.63, 3.8) is 0 Å². The summed E-state index contributed by atoms with van der Waals surface area (Å²) in [6, 6.07) is 7.09. The summed E-state index contributed by atoms with van der Waals surface area (Å²) in [5.41, 5.74) is 1.78. The fraction of sp³-hybridized carbons (Fsp3) is 0.294. The minimum atomic E-state index is 0.272. The van der Waals surface area contributed by atoms with Crippen molar-refractivity contribution < 1.29 is 4.74 Å². The van der Waals surface area contributed by atoms with Crippen LogP contribution in [0.5, 0.6) is 5.75 Å². The molecule has 27 heavy (non-hydrogen) atoms. The van der Waals surface area contributed by atoms with Crippen LogP contribution in [0.15, 0.2) is 24.3 Å². The third kappa shape index (κ3) is 3.92. The van der Waals surface area contributed by atoms with Crippen molar-refractivity contribution in [1.29, 1.82) is 0 Å². The van der Waals surface area contributed by atoms with Crippen molar-refractivity contribution in [3.8, 4) is 17.3 Å². The van der Waals surface area contributed by atoms with Crippen molar-refractivity contribution in [3.05, 3.63) is 45.0 Å². The van der Waals surface area contributed by atoms with Crippen LogP contribution < -0.4 is 4.74 Å². The maximum absolute atomic E-state index is 6.13. The molecule has 0 aliphatic rings. The van der Waals surface area contributed by atoms with Crippen molar-refractivity contribution in [2.24, 2.45) is 5.92 Å². The Morgan fingerprint density at radius 2 is 2.07 bits per heavy atom. The molecule has 0 unspecified atom stereocenters. The van der Waals surface area contributed by atoms with E-state index in [4.69, 9.17) is 27.9 Å². The third-order valence-electron chi connectivity index (χ3n) is 3.77. The lowest BCUT2D eigenvalue weighted by Gasteiger charge is -2.05. The van der Waals surface area contributed by atoms with Gasteiger partial charge in [-0.15, -0.1) is 10.2 Å². The van der Waals surface area contributed by atoms with E-state index in [9.17, 15) is 0 Å². The maximum atomic E-state index is 6.13. The number of nitrogens with zero attached hydrogens (tertiary/aromatic N) is 5. The first-order chi connectivity index (χ1) is 13.0. The van der Waals surface area contributed by atoms with Crippen LogP contribution >= 0.6 is 34.5 Å². The molecule has 4 rings (SSSR count). The van der Waals surface area contributed by atoms with Crippen molar-refractivity contribution in [1.82, 2.24) is 30.0 Å². The fourth-order valence-corrected chi connectivity index (χ4v) is 3.84. The van der Waals surface area contributed by atoms with Gasteiger partial charge >= 0.3 is 0 Å². The highest BCUT2D eigenvalue weighted by molar-refractivity contribution is 7.16. The molecule has 0 fully saturated rings.